The maximum Gasteiger partial charge on any atom is 0.101 e. The van der Waals surface area contributed by atoms with Crippen molar-refractivity contribution in [3.8, 4) is 0 Å². The van der Waals surface area contributed by atoms with Gasteiger partial charge in [0.2, 0.25) is 0 Å². The van der Waals surface area contributed by atoms with Gasteiger partial charge in [-0.25, -0.2) is 0 Å². The molecule has 22 heavy (non-hydrogen) atoms. The van der Waals surface area contributed by atoms with Crippen LogP contribution in [0.5, 0.6) is 0 Å². The normalized spacial score (nSPS) is 56.2. The molecule has 128 valence electrons. The standard InChI is InChI=1S/C21H38O/c1-14(2)13-18(14,9)19(10)15(3,4)16(5,6)20(11)21(12,22-20)17(19,7)8/h13H2,1-12H3. The molecule has 1 heterocycles. The summed E-state index contributed by atoms with van der Waals surface area (Å²) in [6.45, 7) is 29.7. The highest BCUT2D eigenvalue weighted by Crippen LogP contribution is 2.89. The molecule has 3 fully saturated rings. The van der Waals surface area contributed by atoms with Crippen molar-refractivity contribution in [2.75, 3.05) is 0 Å². The van der Waals surface area contributed by atoms with Crippen LogP contribution >= 0.6 is 0 Å². The highest BCUT2D eigenvalue weighted by Gasteiger charge is 2.90. The Morgan fingerprint density at radius 1 is 0.545 bits per heavy atom. The molecule has 3 aliphatic rings. The molecule has 0 spiro atoms. The molecule has 0 bridgehead atoms. The van der Waals surface area contributed by atoms with Gasteiger partial charge in [-0.2, -0.15) is 0 Å². The molecule has 0 N–H and O–H groups in total. The molecule has 0 aromatic heterocycles. The zero-order valence-electron chi connectivity index (χ0n) is 17.1. The summed E-state index contributed by atoms with van der Waals surface area (Å²) in [4.78, 5) is 0. The lowest BCUT2D eigenvalue weighted by Gasteiger charge is -2.70. The molecule has 1 nitrogen and oxygen atoms in total. The fourth-order valence-corrected chi connectivity index (χ4v) is 7.38. The second-order valence-electron chi connectivity index (χ2n) is 11.6. The Morgan fingerprint density at radius 2 is 0.909 bits per heavy atom. The lowest BCUT2D eigenvalue weighted by molar-refractivity contribution is -0.211. The Kier molecular flexibility index (Phi) is 2.56. The van der Waals surface area contributed by atoms with Crippen molar-refractivity contribution in [1.29, 1.82) is 0 Å². The Labute approximate surface area is 138 Å². The fraction of sp³-hybridized carbons (Fsp3) is 1.00. The van der Waals surface area contributed by atoms with E-state index in [-0.39, 0.29) is 32.9 Å². The molecule has 4 atom stereocenters. The molecule has 4 unspecified atom stereocenters. The number of fused-ring (bicyclic) bond motifs is 1. The van der Waals surface area contributed by atoms with Gasteiger partial charge < -0.3 is 4.74 Å². The Hall–Kier alpha value is -0.0400. The van der Waals surface area contributed by atoms with E-state index in [0.717, 1.165) is 0 Å². The summed E-state index contributed by atoms with van der Waals surface area (Å²) in [7, 11) is 0. The zero-order valence-corrected chi connectivity index (χ0v) is 17.1. The van der Waals surface area contributed by atoms with Crippen LogP contribution in [0.2, 0.25) is 0 Å². The average Bonchev–Trinajstić information content (AvgIpc) is 3.09. The lowest BCUT2D eigenvalue weighted by Crippen LogP contribution is -2.70. The molecule has 1 aliphatic heterocycles. The lowest BCUT2D eigenvalue weighted by atomic mass is 9.32. The van der Waals surface area contributed by atoms with Gasteiger partial charge in [0.05, 0.1) is 0 Å². The third kappa shape index (κ3) is 1.12. The van der Waals surface area contributed by atoms with Gasteiger partial charge >= 0.3 is 0 Å². The second-order valence-corrected chi connectivity index (χ2v) is 11.6. The molecule has 0 radical (unpaired) electrons. The van der Waals surface area contributed by atoms with E-state index in [4.69, 9.17) is 4.74 Å². The smallest absolute Gasteiger partial charge is 0.101 e. The van der Waals surface area contributed by atoms with Gasteiger partial charge in [-0.1, -0.05) is 69.2 Å². The summed E-state index contributed by atoms with van der Waals surface area (Å²) in [5.74, 6) is 0. The maximum absolute atomic E-state index is 6.61. The Morgan fingerprint density at radius 3 is 1.27 bits per heavy atom. The number of epoxide rings is 1. The van der Waals surface area contributed by atoms with Crippen molar-refractivity contribution in [3.05, 3.63) is 0 Å². The summed E-state index contributed by atoms with van der Waals surface area (Å²) in [5.41, 5.74) is 1.40. The number of ether oxygens (including phenoxy) is 1. The highest BCUT2D eigenvalue weighted by atomic mass is 16.6. The van der Waals surface area contributed by atoms with Crippen LogP contribution in [0.15, 0.2) is 0 Å². The predicted molar refractivity (Wildman–Crippen MR) is 93.9 cm³/mol. The monoisotopic (exact) mass is 306 g/mol. The van der Waals surface area contributed by atoms with Crippen molar-refractivity contribution >= 4 is 0 Å². The first-order chi connectivity index (χ1) is 9.41. The second kappa shape index (κ2) is 3.35. The first-order valence-corrected chi connectivity index (χ1v) is 9.12. The summed E-state index contributed by atoms with van der Waals surface area (Å²) < 4.78 is 6.61. The van der Waals surface area contributed by atoms with Crippen LogP contribution in [0.4, 0.5) is 0 Å². The number of rotatable bonds is 1. The summed E-state index contributed by atoms with van der Waals surface area (Å²) in [6, 6.07) is 0. The number of hydrogen-bond acceptors (Lipinski definition) is 1. The van der Waals surface area contributed by atoms with Crippen LogP contribution < -0.4 is 0 Å². The molecule has 0 aromatic carbocycles. The van der Waals surface area contributed by atoms with Crippen molar-refractivity contribution < 1.29 is 4.74 Å². The van der Waals surface area contributed by atoms with Crippen molar-refractivity contribution in [1.82, 2.24) is 0 Å². The van der Waals surface area contributed by atoms with Gasteiger partial charge in [-0.05, 0) is 41.9 Å². The van der Waals surface area contributed by atoms with Crippen LogP contribution in [-0.4, -0.2) is 11.2 Å². The predicted octanol–water partition coefficient (Wildman–Crippen LogP) is 6.07. The molecule has 0 aromatic rings. The molecule has 2 saturated carbocycles. The van der Waals surface area contributed by atoms with Gasteiger partial charge in [0.1, 0.15) is 11.2 Å². The topological polar surface area (TPSA) is 12.5 Å². The van der Waals surface area contributed by atoms with Crippen LogP contribution in [0.3, 0.4) is 0 Å². The first kappa shape index (κ1) is 16.8. The minimum absolute atomic E-state index is 0.0259. The Balaban J connectivity index is 2.30. The summed E-state index contributed by atoms with van der Waals surface area (Å²) in [5, 5.41) is 0. The maximum atomic E-state index is 6.61. The summed E-state index contributed by atoms with van der Waals surface area (Å²) in [6.07, 6.45) is 1.33. The first-order valence-electron chi connectivity index (χ1n) is 9.12. The fourth-order valence-electron chi connectivity index (χ4n) is 7.38. The van der Waals surface area contributed by atoms with Crippen molar-refractivity contribution in [2.45, 2.75) is 101 Å². The van der Waals surface area contributed by atoms with Crippen molar-refractivity contribution in [3.63, 3.8) is 0 Å². The van der Waals surface area contributed by atoms with E-state index in [0.29, 0.717) is 10.8 Å². The van der Waals surface area contributed by atoms with E-state index in [1.807, 2.05) is 0 Å². The van der Waals surface area contributed by atoms with E-state index in [1.165, 1.54) is 6.42 Å². The van der Waals surface area contributed by atoms with Gasteiger partial charge in [0, 0.05) is 10.8 Å². The molecule has 1 saturated heterocycles. The number of hydrogen-bond donors (Lipinski definition) is 0. The third-order valence-electron chi connectivity index (χ3n) is 11.0. The van der Waals surface area contributed by atoms with Crippen molar-refractivity contribution in [2.24, 2.45) is 32.5 Å². The third-order valence-corrected chi connectivity index (χ3v) is 11.0. The minimum atomic E-state index is -0.0323. The molecule has 3 rings (SSSR count). The zero-order chi connectivity index (χ0) is 17.4. The van der Waals surface area contributed by atoms with Crippen LogP contribution in [-0.2, 0) is 4.74 Å². The largest absolute Gasteiger partial charge is 0.362 e. The minimum Gasteiger partial charge on any atom is -0.362 e. The van der Waals surface area contributed by atoms with E-state index in [9.17, 15) is 0 Å². The van der Waals surface area contributed by atoms with Crippen LogP contribution in [0.25, 0.3) is 0 Å². The molecule has 0 amide bonds. The van der Waals surface area contributed by atoms with E-state index in [2.05, 4.69) is 83.1 Å². The SMILES string of the molecule is CC1(C)CC1(C)C1(C)C(C)(C)C(C)(C)C2(C)OC2(C)C1(C)C. The van der Waals surface area contributed by atoms with E-state index in [1.54, 1.807) is 0 Å². The van der Waals surface area contributed by atoms with Gasteiger partial charge in [0.25, 0.3) is 0 Å². The summed E-state index contributed by atoms with van der Waals surface area (Å²) >= 11 is 0. The quantitative estimate of drug-likeness (QED) is 0.536. The van der Waals surface area contributed by atoms with Gasteiger partial charge in [0.15, 0.2) is 0 Å². The molecular formula is C21H38O. The van der Waals surface area contributed by atoms with Gasteiger partial charge in [-0.15, -0.1) is 0 Å². The van der Waals surface area contributed by atoms with Crippen LogP contribution in [0, 0.1) is 32.5 Å². The average molecular weight is 307 g/mol. The molecule has 1 heteroatoms. The Bertz CT molecular complexity index is 554. The highest BCUT2D eigenvalue weighted by molar-refractivity contribution is 5.38. The molecular weight excluding hydrogens is 268 g/mol. The molecule has 2 aliphatic carbocycles. The van der Waals surface area contributed by atoms with E-state index >= 15 is 0 Å². The van der Waals surface area contributed by atoms with Crippen LogP contribution in [0.1, 0.15) is 89.5 Å². The van der Waals surface area contributed by atoms with Gasteiger partial charge in [-0.3, -0.25) is 0 Å². The van der Waals surface area contributed by atoms with E-state index < -0.39 is 0 Å².